The molecule has 0 aromatic heterocycles. The Bertz CT molecular complexity index is 1660. The van der Waals surface area contributed by atoms with E-state index >= 15 is 0 Å². The van der Waals surface area contributed by atoms with E-state index in [1.165, 1.54) is 6.42 Å². The van der Waals surface area contributed by atoms with Crippen LogP contribution in [-0.4, -0.2) is 68.6 Å². The number of Topliss-reactive ketones (excluding diaryl/α,β-unsaturated/α-hetero) is 1. The number of hydrogen-bond donors (Lipinski definition) is 4. The van der Waals surface area contributed by atoms with Gasteiger partial charge in [-0.2, -0.15) is 0 Å². The molecule has 2 aromatic carbocycles. The predicted molar refractivity (Wildman–Crippen MR) is 192 cm³/mol. The van der Waals surface area contributed by atoms with E-state index in [0.717, 1.165) is 79.7 Å². The molecule has 7 aliphatic carbocycles. The van der Waals surface area contributed by atoms with E-state index < -0.39 is 22.5 Å². The lowest BCUT2D eigenvalue weighted by Crippen LogP contribution is -2.67. The first kappa shape index (κ1) is 33.8. The minimum atomic E-state index is -1.03. The van der Waals surface area contributed by atoms with Gasteiger partial charge in [-0.3, -0.25) is 9.69 Å². The summed E-state index contributed by atoms with van der Waals surface area (Å²) in [7, 11) is 0. The van der Waals surface area contributed by atoms with Gasteiger partial charge in [0.15, 0.2) is 5.78 Å². The molecule has 0 heterocycles. The Morgan fingerprint density at radius 1 is 0.898 bits per heavy atom. The zero-order valence-corrected chi connectivity index (χ0v) is 29.6. The second-order valence-corrected chi connectivity index (χ2v) is 17.7. The smallest absolute Gasteiger partial charge is 0.162 e. The third-order valence-corrected chi connectivity index (χ3v) is 15.4. The summed E-state index contributed by atoms with van der Waals surface area (Å²) in [5, 5.41) is 47.1. The van der Waals surface area contributed by atoms with Gasteiger partial charge in [0, 0.05) is 47.4 Å². The van der Waals surface area contributed by atoms with Crippen molar-refractivity contribution >= 4 is 16.6 Å². The van der Waals surface area contributed by atoms with Crippen molar-refractivity contribution in [3.05, 3.63) is 71.8 Å². The maximum Gasteiger partial charge on any atom is 0.162 e. The summed E-state index contributed by atoms with van der Waals surface area (Å²) in [6.45, 7) is 5.65. The molecular weight excluding hydrogens is 610 g/mol. The van der Waals surface area contributed by atoms with Crippen LogP contribution in [0, 0.1) is 39.4 Å². The van der Waals surface area contributed by atoms with Gasteiger partial charge in [-0.25, -0.2) is 0 Å². The van der Waals surface area contributed by atoms with Gasteiger partial charge in [0.05, 0.1) is 24.4 Å². The van der Waals surface area contributed by atoms with Crippen LogP contribution < -0.4 is 0 Å². The van der Waals surface area contributed by atoms with Gasteiger partial charge < -0.3 is 20.4 Å². The highest BCUT2D eigenvalue weighted by molar-refractivity contribution is 6.00. The topological polar surface area (TPSA) is 101 Å². The number of rotatable bonds is 9. The number of allylic oxidation sites excluding steroid dienone is 4. The number of carbonyl (C=O) groups excluding carboxylic acids is 1. The first-order valence-electron chi connectivity index (χ1n) is 19.3. The summed E-state index contributed by atoms with van der Waals surface area (Å²) in [6, 6.07) is 14.7. The Balaban J connectivity index is 1.18. The Kier molecular flexibility index (Phi) is 8.35. The summed E-state index contributed by atoms with van der Waals surface area (Å²) in [5.41, 5.74) is -0.0661. The van der Waals surface area contributed by atoms with Crippen molar-refractivity contribution in [3.63, 3.8) is 0 Å². The monoisotopic (exact) mass is 667 g/mol. The molecule has 0 radical (unpaired) electrons. The van der Waals surface area contributed by atoms with Crippen LogP contribution in [-0.2, 0) is 11.3 Å². The van der Waals surface area contributed by atoms with Gasteiger partial charge in [0.25, 0.3) is 0 Å². The van der Waals surface area contributed by atoms with Gasteiger partial charge in [0.1, 0.15) is 0 Å². The van der Waals surface area contributed by atoms with Crippen LogP contribution in [0.3, 0.4) is 0 Å². The molecule has 0 amide bonds. The minimum Gasteiger partial charge on any atom is -0.394 e. The van der Waals surface area contributed by atoms with Crippen LogP contribution in [0.25, 0.3) is 10.8 Å². The van der Waals surface area contributed by atoms with Crippen molar-refractivity contribution in [2.24, 2.45) is 39.4 Å². The molecule has 9 rings (SSSR count). The Hall–Kier alpha value is -2.35. The fourth-order valence-corrected chi connectivity index (χ4v) is 12.8. The minimum absolute atomic E-state index is 0.0367. The molecule has 2 aromatic rings. The molecule has 1 unspecified atom stereocenters. The first-order chi connectivity index (χ1) is 23.5. The largest absolute Gasteiger partial charge is 0.394 e. The van der Waals surface area contributed by atoms with Crippen LogP contribution in [0.4, 0.5) is 0 Å². The third-order valence-electron chi connectivity index (χ3n) is 15.4. The molecule has 2 bridgehead atoms. The van der Waals surface area contributed by atoms with E-state index in [0.29, 0.717) is 37.6 Å². The molecule has 0 saturated heterocycles. The number of fused-ring (bicyclic) bond motifs is 2. The highest BCUT2D eigenvalue weighted by Gasteiger charge is 2.74. The summed E-state index contributed by atoms with van der Waals surface area (Å²) >= 11 is 0. The maximum atomic E-state index is 14.9. The SMILES string of the molecule is C[C@]12CC[C@H]3[C@]4(C=C[C@@]5(C=C4C(=O)C4CCCCC4)CC(O)CC[C@]35C)[C@@H]1CC[C@@]2(O)CN(Cc1cccc2ccccc12)C[C@H](O)CO. The van der Waals surface area contributed by atoms with Gasteiger partial charge in [0.2, 0.25) is 0 Å². The molecule has 2 spiro atoms. The molecule has 4 N–H and O–H groups in total. The number of benzene rings is 2. The second-order valence-electron chi connectivity index (χ2n) is 17.7. The fourth-order valence-electron chi connectivity index (χ4n) is 12.8. The summed E-state index contributed by atoms with van der Waals surface area (Å²) in [6.07, 6.45) is 17.1. The molecule has 6 nitrogen and oxygen atoms in total. The number of aliphatic hydroxyl groups excluding tert-OH is 3. The van der Waals surface area contributed by atoms with E-state index in [4.69, 9.17) is 0 Å². The lowest BCUT2D eigenvalue weighted by molar-refractivity contribution is -0.180. The third kappa shape index (κ3) is 4.94. The van der Waals surface area contributed by atoms with E-state index in [2.05, 4.69) is 73.4 Å². The standard InChI is InChI=1S/C43H57NO5/c1-39-18-15-32(46)23-41(39)21-22-43(35(24-41)38(48)30-10-4-3-5-11-30)36(39)16-19-40(2)37(43)17-20-42(40,49)28-44(26-33(47)27-45)25-31-13-8-12-29-9-6-7-14-34(29)31/h6-9,12-14,21-22,24,30,32-33,36-37,45-47,49H,3-5,10-11,15-20,23,25-28H2,1-2H3/t32?,33-,36+,37+,39+,40-,41-,42+,43+/m0/s1. The first-order valence-corrected chi connectivity index (χ1v) is 19.3. The number of aliphatic hydroxyl groups is 4. The summed E-state index contributed by atoms with van der Waals surface area (Å²) in [5.74, 6) is 0.832. The molecular formula is C43H57NO5. The lowest BCUT2D eigenvalue weighted by atomic mass is 9.32. The zero-order chi connectivity index (χ0) is 34.2. The van der Waals surface area contributed by atoms with Crippen molar-refractivity contribution in [1.82, 2.24) is 4.90 Å². The maximum absolute atomic E-state index is 14.9. The summed E-state index contributed by atoms with van der Waals surface area (Å²) in [4.78, 5) is 17.0. The van der Waals surface area contributed by atoms with Crippen LogP contribution in [0.5, 0.6) is 0 Å². The molecule has 7 aliphatic rings. The Morgan fingerprint density at radius 2 is 1.61 bits per heavy atom. The molecule has 9 atom stereocenters. The number of carbonyl (C=O) groups is 1. The van der Waals surface area contributed by atoms with Crippen LogP contribution in [0.1, 0.15) is 96.5 Å². The van der Waals surface area contributed by atoms with Crippen molar-refractivity contribution in [2.75, 3.05) is 19.7 Å². The number of nitrogens with zero attached hydrogens (tertiary/aromatic N) is 1. The van der Waals surface area contributed by atoms with Gasteiger partial charge in [-0.1, -0.05) is 93.8 Å². The molecule has 6 heteroatoms. The highest BCUT2D eigenvalue weighted by atomic mass is 16.3. The highest BCUT2D eigenvalue weighted by Crippen LogP contribution is 2.78. The van der Waals surface area contributed by atoms with Gasteiger partial charge >= 0.3 is 0 Å². The number of hydrogen-bond acceptors (Lipinski definition) is 6. The Labute approximate surface area is 292 Å². The Morgan fingerprint density at radius 3 is 2.41 bits per heavy atom. The van der Waals surface area contributed by atoms with Crippen LogP contribution in [0.15, 0.2) is 66.3 Å². The predicted octanol–water partition coefficient (Wildman–Crippen LogP) is 6.74. The molecule has 4 saturated carbocycles. The van der Waals surface area contributed by atoms with Crippen molar-refractivity contribution < 1.29 is 25.2 Å². The van der Waals surface area contributed by atoms with Crippen LogP contribution in [0.2, 0.25) is 0 Å². The normalized spacial score (nSPS) is 40.6. The van der Waals surface area contributed by atoms with Crippen LogP contribution >= 0.6 is 0 Å². The summed E-state index contributed by atoms with van der Waals surface area (Å²) < 4.78 is 0. The second kappa shape index (κ2) is 12.1. The van der Waals surface area contributed by atoms with E-state index in [-0.39, 0.29) is 41.9 Å². The van der Waals surface area contributed by atoms with E-state index in [1.54, 1.807) is 0 Å². The fraction of sp³-hybridized carbons (Fsp3) is 0.651. The lowest BCUT2D eigenvalue weighted by Gasteiger charge is -2.71. The van der Waals surface area contributed by atoms with Gasteiger partial charge in [-0.05, 0) is 91.4 Å². The molecule has 49 heavy (non-hydrogen) atoms. The molecule has 0 aliphatic heterocycles. The van der Waals surface area contributed by atoms with Crippen molar-refractivity contribution in [1.29, 1.82) is 0 Å². The quantitative estimate of drug-likeness (QED) is 0.221. The molecule has 4 fully saturated rings. The zero-order valence-electron chi connectivity index (χ0n) is 29.6. The molecule has 264 valence electrons. The van der Waals surface area contributed by atoms with Crippen molar-refractivity contribution in [2.45, 2.75) is 115 Å². The van der Waals surface area contributed by atoms with Gasteiger partial charge in [-0.15, -0.1) is 0 Å². The van der Waals surface area contributed by atoms with Crippen molar-refractivity contribution in [3.8, 4) is 0 Å². The number of ketones is 1. The van der Waals surface area contributed by atoms with E-state index in [9.17, 15) is 25.2 Å². The average Bonchev–Trinajstić information content (AvgIpc) is 3.38. The average molecular weight is 668 g/mol. The van der Waals surface area contributed by atoms with E-state index in [1.807, 2.05) is 6.07 Å².